The molecule has 0 aliphatic heterocycles. The molecule has 568 valence electrons. The summed E-state index contributed by atoms with van der Waals surface area (Å²) >= 11 is 0. The zero-order valence-electron chi connectivity index (χ0n) is 65.5. The maximum Gasteiger partial charge on any atom is 0.228 e. The molecule has 2 N–H and O–H groups in total. The van der Waals surface area contributed by atoms with Crippen molar-refractivity contribution in [2.75, 3.05) is 106 Å². The predicted octanol–water partition coefficient (Wildman–Crippen LogP) is 16.2. The summed E-state index contributed by atoms with van der Waals surface area (Å²) in [5.41, 5.74) is 11.6. The standard InChI is InChI=1S/C90H116N2O12P2/c1-87(2,3)73-55-65-51-69-59-75(89(7,8)9)61-71(85(69)103-49-47-99-45-43-97-13)53-67-57-74(88(4,5)6)58-68(84(67)102-42-30-28-40-92-82(94)64-106(96,79-35-23-17-24-36-79)80-37-25-18-26-38-80)54-72-62-76(90(10,11)12)60-70(86(72)104-50-48-100-46-44-98-14)52-66(56-73)83(65)101-41-29-27-39-91-81(93)63-105(95,77-31-19-15-20-32-77)78-33-21-16-22-34-78/h15-26,31-38,55-62H,27-30,39-54,63-64H2,1-14H3,(H,91,93)(H,92,94). The molecule has 0 atom stereocenters. The van der Waals surface area contributed by atoms with Gasteiger partial charge in [0, 0.05) is 74.2 Å². The number of carbonyl (C=O) groups is 2. The van der Waals surface area contributed by atoms with Crippen LogP contribution in [0.1, 0.15) is 176 Å². The van der Waals surface area contributed by atoms with Crippen LogP contribution in [0.5, 0.6) is 23.0 Å². The van der Waals surface area contributed by atoms with Crippen LogP contribution < -0.4 is 50.8 Å². The first-order chi connectivity index (χ1) is 50.6. The van der Waals surface area contributed by atoms with Gasteiger partial charge in [-0.2, -0.15) is 0 Å². The highest BCUT2D eigenvalue weighted by Gasteiger charge is 2.34. The number of hydrogen-bond donors (Lipinski definition) is 2. The van der Waals surface area contributed by atoms with Crippen molar-refractivity contribution < 1.29 is 56.6 Å². The molecule has 14 nitrogen and oxygen atoms in total. The van der Waals surface area contributed by atoms with Gasteiger partial charge in [0.05, 0.1) is 65.2 Å². The van der Waals surface area contributed by atoms with Gasteiger partial charge in [-0.25, -0.2) is 0 Å². The molecule has 106 heavy (non-hydrogen) atoms. The number of rotatable bonds is 34. The molecule has 8 bridgehead atoms. The second-order valence-electron chi connectivity index (χ2n) is 32.1. The van der Waals surface area contributed by atoms with E-state index in [1.165, 1.54) is 0 Å². The van der Waals surface area contributed by atoms with E-state index >= 15 is 0 Å². The van der Waals surface area contributed by atoms with Crippen LogP contribution >= 0.6 is 14.3 Å². The van der Waals surface area contributed by atoms with Crippen LogP contribution in [0, 0.1) is 0 Å². The van der Waals surface area contributed by atoms with Crippen molar-refractivity contribution in [3.8, 4) is 23.0 Å². The first kappa shape index (κ1) is 82.3. The molecule has 0 spiro atoms. The van der Waals surface area contributed by atoms with Crippen molar-refractivity contribution >= 4 is 47.3 Å². The number of amides is 2. The van der Waals surface area contributed by atoms with Gasteiger partial charge in [-0.3, -0.25) is 9.59 Å². The number of ether oxygens (including phenoxy) is 8. The molecule has 0 saturated carbocycles. The highest BCUT2D eigenvalue weighted by molar-refractivity contribution is 7.79. The fourth-order valence-corrected chi connectivity index (χ4v) is 18.3. The Morgan fingerprint density at radius 1 is 0.321 bits per heavy atom. The van der Waals surface area contributed by atoms with Crippen molar-refractivity contribution in [2.24, 2.45) is 0 Å². The molecule has 0 fully saturated rings. The topological polar surface area (TPSA) is 166 Å². The average molecular weight is 1480 g/mol. The summed E-state index contributed by atoms with van der Waals surface area (Å²) < 4.78 is 81.9. The molecule has 9 rings (SSSR count). The van der Waals surface area contributed by atoms with E-state index < -0.39 is 14.3 Å². The molecular weight excluding hydrogens is 1360 g/mol. The summed E-state index contributed by atoms with van der Waals surface area (Å²) in [6.45, 7) is 31.7. The SMILES string of the molecule is COCCOCCOc1c2cc(C(C)(C)C)cc1Cc1cc(C(C)(C)C)cc(c1OCCCCNC(=O)CP(=O)(c1ccccc1)c1ccccc1)Cc1cc(C(C)(C)C)cc(c1OCCOCCOC)Cc1cc(C(C)(C)C)cc(c1OCCCCNC(=O)CP(=O)(c1ccccc1)c1ccccc1)C2. The quantitative estimate of drug-likeness (QED) is 0.0290. The Bertz CT molecular complexity index is 3810. The fraction of sp³-hybridized carbons (Fsp3) is 0.444. The molecule has 8 aromatic carbocycles. The molecule has 0 radical (unpaired) electrons. The lowest BCUT2D eigenvalue weighted by Crippen LogP contribution is -2.31. The number of fused-ring (bicyclic) bond motifs is 8. The van der Waals surface area contributed by atoms with E-state index in [9.17, 15) is 18.7 Å². The Morgan fingerprint density at radius 3 is 0.774 bits per heavy atom. The summed E-state index contributed by atoms with van der Waals surface area (Å²) in [6, 6.07) is 55.9. The van der Waals surface area contributed by atoms with Crippen molar-refractivity contribution in [1.82, 2.24) is 10.6 Å². The minimum atomic E-state index is -3.28. The van der Waals surface area contributed by atoms with Crippen molar-refractivity contribution in [2.45, 2.75) is 156 Å². The van der Waals surface area contributed by atoms with E-state index in [1.54, 1.807) is 14.2 Å². The summed E-state index contributed by atoms with van der Waals surface area (Å²) in [5, 5.41) is 8.86. The first-order valence-electron chi connectivity index (χ1n) is 37.8. The molecule has 8 aromatic rings. The number of nitrogens with one attached hydrogen (secondary N) is 2. The minimum absolute atomic E-state index is 0.137. The van der Waals surface area contributed by atoms with Gasteiger partial charge in [-0.1, -0.05) is 253 Å². The second kappa shape index (κ2) is 37.8. The van der Waals surface area contributed by atoms with Crippen LogP contribution in [-0.4, -0.2) is 118 Å². The molecular formula is C90H116N2O12P2. The molecule has 0 heterocycles. The van der Waals surface area contributed by atoms with E-state index in [0.717, 1.165) is 89.8 Å². The van der Waals surface area contributed by atoms with Crippen molar-refractivity contribution in [3.63, 3.8) is 0 Å². The van der Waals surface area contributed by atoms with Gasteiger partial charge in [0.25, 0.3) is 0 Å². The highest BCUT2D eigenvalue weighted by Crippen LogP contribution is 2.47. The van der Waals surface area contributed by atoms with Crippen molar-refractivity contribution in [1.29, 1.82) is 0 Å². The van der Waals surface area contributed by atoms with Gasteiger partial charge in [0.1, 0.15) is 36.2 Å². The first-order valence-corrected chi connectivity index (χ1v) is 41.6. The Kier molecular flexibility index (Phi) is 29.4. The van der Waals surface area contributed by atoms with E-state index in [0.29, 0.717) is 139 Å². The van der Waals surface area contributed by atoms with E-state index in [-0.39, 0.29) is 59.0 Å². The van der Waals surface area contributed by atoms with Crippen LogP contribution in [0.4, 0.5) is 0 Å². The Morgan fingerprint density at radius 2 is 0.547 bits per heavy atom. The monoisotopic (exact) mass is 1480 g/mol. The third kappa shape index (κ3) is 22.6. The van der Waals surface area contributed by atoms with E-state index in [1.807, 2.05) is 121 Å². The Labute approximate surface area is 632 Å². The van der Waals surface area contributed by atoms with E-state index in [4.69, 9.17) is 37.9 Å². The van der Waals surface area contributed by atoms with Gasteiger partial charge in [-0.15, -0.1) is 0 Å². The van der Waals surface area contributed by atoms with Crippen LogP contribution in [0.2, 0.25) is 0 Å². The molecule has 1 aliphatic rings. The lowest BCUT2D eigenvalue weighted by atomic mass is 9.79. The highest BCUT2D eigenvalue weighted by atomic mass is 31.2. The predicted molar refractivity (Wildman–Crippen MR) is 433 cm³/mol. The average Bonchev–Trinajstić information content (AvgIpc) is 0.845. The van der Waals surface area contributed by atoms with Gasteiger partial charge in [-0.05, 0) is 114 Å². The molecule has 0 unspecified atom stereocenters. The summed E-state index contributed by atoms with van der Waals surface area (Å²) in [6.07, 6.45) is 4.06. The van der Waals surface area contributed by atoms with Crippen LogP contribution in [-0.2, 0) is 85.0 Å². The molecule has 2 amide bonds. The summed E-state index contributed by atoms with van der Waals surface area (Å²) in [4.78, 5) is 27.8. The number of hydrogen-bond acceptors (Lipinski definition) is 12. The zero-order valence-corrected chi connectivity index (χ0v) is 67.3. The zero-order chi connectivity index (χ0) is 76.1. The smallest absolute Gasteiger partial charge is 0.228 e. The lowest BCUT2D eigenvalue weighted by molar-refractivity contribution is -0.119. The third-order valence-electron chi connectivity index (χ3n) is 19.5. The largest absolute Gasteiger partial charge is 0.493 e. The number of methoxy groups -OCH3 is 2. The van der Waals surface area contributed by atoms with Gasteiger partial charge in [0.15, 0.2) is 14.3 Å². The summed E-state index contributed by atoms with van der Waals surface area (Å²) in [5.74, 6) is 2.61. The Balaban J connectivity index is 1.14. The number of benzene rings is 8. The molecule has 16 heteroatoms. The molecule has 0 aromatic heterocycles. The van der Waals surface area contributed by atoms with E-state index in [2.05, 4.69) is 142 Å². The molecule has 0 saturated heterocycles. The van der Waals surface area contributed by atoms with Gasteiger partial charge >= 0.3 is 0 Å². The number of unbranched alkanes of at least 4 members (excludes halogenated alkanes) is 2. The minimum Gasteiger partial charge on any atom is -0.493 e. The fourth-order valence-electron chi connectivity index (χ4n) is 13.4. The number of carbonyl (C=O) groups excluding carboxylic acids is 2. The Hall–Kier alpha value is -7.80. The normalized spacial score (nSPS) is 12.9. The van der Waals surface area contributed by atoms with Crippen LogP contribution in [0.25, 0.3) is 0 Å². The van der Waals surface area contributed by atoms with Crippen LogP contribution in [0.15, 0.2) is 170 Å². The third-order valence-corrected chi connectivity index (χ3v) is 25.5. The van der Waals surface area contributed by atoms with Gasteiger partial charge < -0.3 is 57.7 Å². The second-order valence-corrected chi connectivity index (χ2v) is 37.7. The maximum atomic E-state index is 14.9. The summed E-state index contributed by atoms with van der Waals surface area (Å²) in [7, 11) is -3.22. The van der Waals surface area contributed by atoms with Crippen molar-refractivity contribution in [3.05, 3.63) is 237 Å². The molecule has 1 aliphatic carbocycles. The van der Waals surface area contributed by atoms with Crippen LogP contribution in [0.3, 0.4) is 0 Å². The lowest BCUT2D eigenvalue weighted by Gasteiger charge is -2.29. The van der Waals surface area contributed by atoms with Gasteiger partial charge in [0.2, 0.25) is 11.8 Å². The maximum absolute atomic E-state index is 14.9.